The van der Waals surface area contributed by atoms with Gasteiger partial charge in [-0.2, -0.15) is 0 Å². The molecule has 0 aromatic heterocycles. The predicted molar refractivity (Wildman–Crippen MR) is 177 cm³/mol. The molecule has 0 amide bonds. The van der Waals surface area contributed by atoms with Crippen molar-refractivity contribution in [3.05, 3.63) is 95.1 Å². The highest BCUT2D eigenvalue weighted by atomic mass is 14.6. The van der Waals surface area contributed by atoms with Crippen molar-refractivity contribution in [1.29, 1.82) is 0 Å². The van der Waals surface area contributed by atoms with E-state index < -0.39 is 0 Å². The fraction of sp³-hybridized carbons (Fsp3) is 0.610. The highest BCUT2D eigenvalue weighted by Gasteiger charge is 2.59. The molecule has 0 spiro atoms. The van der Waals surface area contributed by atoms with E-state index in [9.17, 15) is 0 Å². The highest BCUT2D eigenvalue weighted by Crippen LogP contribution is 2.64. The molecule has 220 valence electrons. The maximum Gasteiger partial charge on any atom is 0.00242 e. The van der Waals surface area contributed by atoms with Crippen molar-refractivity contribution < 1.29 is 0 Å². The van der Waals surface area contributed by atoms with Crippen molar-refractivity contribution in [3.63, 3.8) is 0 Å². The van der Waals surface area contributed by atoms with Gasteiger partial charge in [0.05, 0.1) is 0 Å². The molecule has 0 heterocycles. The maximum atomic E-state index is 4.29. The van der Waals surface area contributed by atoms with Gasteiger partial charge in [-0.25, -0.2) is 0 Å². The summed E-state index contributed by atoms with van der Waals surface area (Å²) in [7, 11) is 0. The van der Waals surface area contributed by atoms with E-state index in [2.05, 4.69) is 109 Å². The number of benzene rings is 1. The zero-order valence-corrected chi connectivity index (χ0v) is 27.0. The molecular formula is C41H56. The normalized spacial score (nSPS) is 31.1. The van der Waals surface area contributed by atoms with Crippen LogP contribution in [0.5, 0.6) is 0 Å². The third-order valence-corrected chi connectivity index (χ3v) is 12.0. The third-order valence-electron chi connectivity index (χ3n) is 12.0. The largest absolute Gasteiger partial charge is 0.103 e. The Morgan fingerprint density at radius 2 is 1.29 bits per heavy atom. The van der Waals surface area contributed by atoms with Crippen molar-refractivity contribution >= 4 is 0 Å². The fourth-order valence-electron chi connectivity index (χ4n) is 9.85. The zero-order valence-electron chi connectivity index (χ0n) is 27.0. The van der Waals surface area contributed by atoms with Crippen LogP contribution in [-0.2, 0) is 18.3 Å². The molecule has 1 aromatic carbocycles. The van der Waals surface area contributed by atoms with Gasteiger partial charge in [-0.3, -0.25) is 0 Å². The molecule has 2 saturated carbocycles. The lowest BCUT2D eigenvalue weighted by Gasteiger charge is -2.50. The summed E-state index contributed by atoms with van der Waals surface area (Å²) < 4.78 is 0. The Kier molecular flexibility index (Phi) is 7.70. The minimum Gasteiger partial charge on any atom is -0.103 e. The predicted octanol–water partition coefficient (Wildman–Crippen LogP) is 11.1. The van der Waals surface area contributed by atoms with Gasteiger partial charge in [0.1, 0.15) is 0 Å². The van der Waals surface area contributed by atoms with Crippen LogP contribution in [0.4, 0.5) is 0 Å². The van der Waals surface area contributed by atoms with E-state index >= 15 is 0 Å². The van der Waals surface area contributed by atoms with E-state index in [1.807, 2.05) is 0 Å². The first-order valence-corrected chi connectivity index (χ1v) is 17.1. The van der Waals surface area contributed by atoms with Crippen LogP contribution in [-0.4, -0.2) is 0 Å². The molecule has 41 heavy (non-hydrogen) atoms. The third kappa shape index (κ3) is 5.10. The number of rotatable bonds is 6. The second kappa shape index (κ2) is 10.9. The van der Waals surface area contributed by atoms with Gasteiger partial charge in [0.15, 0.2) is 0 Å². The smallest absolute Gasteiger partial charge is 0.00242 e. The van der Waals surface area contributed by atoms with Gasteiger partial charge in [0.2, 0.25) is 0 Å². The van der Waals surface area contributed by atoms with Crippen LogP contribution in [0.1, 0.15) is 110 Å². The maximum absolute atomic E-state index is 4.29. The molecule has 2 fully saturated rings. The summed E-state index contributed by atoms with van der Waals surface area (Å²) in [5, 5.41) is 0. The Morgan fingerprint density at radius 3 is 1.83 bits per heavy atom. The van der Waals surface area contributed by atoms with Crippen molar-refractivity contribution in [2.45, 2.75) is 111 Å². The minimum atomic E-state index is 0.172. The van der Waals surface area contributed by atoms with E-state index in [-0.39, 0.29) is 16.2 Å². The molecule has 0 aliphatic heterocycles. The number of allylic oxidation sites excluding steroid dienone is 9. The Morgan fingerprint density at radius 1 is 0.732 bits per heavy atom. The topological polar surface area (TPSA) is 0 Å². The van der Waals surface area contributed by atoms with Gasteiger partial charge < -0.3 is 0 Å². The van der Waals surface area contributed by atoms with Gasteiger partial charge in [-0.15, -0.1) is 6.58 Å². The second-order valence-corrected chi connectivity index (χ2v) is 16.3. The first-order valence-electron chi connectivity index (χ1n) is 17.1. The molecule has 5 unspecified atom stereocenters. The van der Waals surface area contributed by atoms with Crippen LogP contribution in [0.25, 0.3) is 0 Å². The van der Waals surface area contributed by atoms with Gasteiger partial charge in [0.25, 0.3) is 0 Å². The summed E-state index contributed by atoms with van der Waals surface area (Å²) in [6.45, 7) is 18.7. The monoisotopic (exact) mass is 548 g/mol. The molecule has 0 radical (unpaired) electrons. The van der Waals surface area contributed by atoms with E-state index in [0.29, 0.717) is 29.6 Å². The van der Waals surface area contributed by atoms with Crippen LogP contribution in [0.15, 0.2) is 78.5 Å². The second-order valence-electron chi connectivity index (χ2n) is 16.3. The first-order chi connectivity index (χ1) is 19.5. The van der Waals surface area contributed by atoms with Crippen molar-refractivity contribution in [1.82, 2.24) is 0 Å². The molecule has 0 nitrogen and oxygen atoms in total. The van der Waals surface area contributed by atoms with E-state index in [0.717, 1.165) is 12.3 Å². The summed E-state index contributed by atoms with van der Waals surface area (Å²) in [5.41, 5.74) is 8.56. The van der Waals surface area contributed by atoms with Gasteiger partial charge >= 0.3 is 0 Å². The lowest BCUT2D eigenvalue weighted by Crippen LogP contribution is -2.46. The minimum absolute atomic E-state index is 0.172. The van der Waals surface area contributed by atoms with Crippen LogP contribution in [0.2, 0.25) is 0 Å². The average molecular weight is 549 g/mol. The van der Waals surface area contributed by atoms with E-state index in [1.165, 1.54) is 57.8 Å². The average Bonchev–Trinajstić information content (AvgIpc) is 3.60. The summed E-state index contributed by atoms with van der Waals surface area (Å²) in [6.07, 6.45) is 31.2. The first kappa shape index (κ1) is 29.0. The summed E-state index contributed by atoms with van der Waals surface area (Å²) in [4.78, 5) is 0. The van der Waals surface area contributed by atoms with Crippen molar-refractivity contribution in [2.75, 3.05) is 0 Å². The van der Waals surface area contributed by atoms with E-state index in [4.69, 9.17) is 0 Å². The van der Waals surface area contributed by atoms with Gasteiger partial charge in [-0.1, -0.05) is 115 Å². The number of aryl methyl sites for hydroxylation is 2. The zero-order chi connectivity index (χ0) is 29.0. The quantitative estimate of drug-likeness (QED) is 0.310. The number of fused-ring (bicyclic) bond motifs is 4. The fourth-order valence-corrected chi connectivity index (χ4v) is 9.85. The van der Waals surface area contributed by atoms with Crippen LogP contribution in [0.3, 0.4) is 0 Å². The van der Waals surface area contributed by atoms with E-state index in [1.54, 1.807) is 27.8 Å². The molecule has 0 saturated heterocycles. The molecule has 0 N–H and O–H groups in total. The molecular weight excluding hydrogens is 492 g/mol. The molecule has 5 atom stereocenters. The molecule has 6 rings (SSSR count). The number of hydrogen-bond donors (Lipinski definition) is 0. The summed E-state index contributed by atoms with van der Waals surface area (Å²) in [6, 6.07) is 7.91. The molecule has 1 aromatic rings. The molecule has 5 aliphatic carbocycles. The van der Waals surface area contributed by atoms with Crippen LogP contribution >= 0.6 is 0 Å². The SMILES string of the molecule is C=CCCC(c1ccc2c(c1)CCCC2)(C1CCCC1)C1C2C=C(C(C)(C)C)C=CC2C2C=CC(C(C)(C)C)=CC21. The van der Waals surface area contributed by atoms with Crippen LogP contribution in [0, 0.1) is 46.3 Å². The Balaban J connectivity index is 1.59. The molecule has 5 aliphatic rings. The Labute approximate surface area is 252 Å². The Bertz CT molecular complexity index is 1210. The summed E-state index contributed by atoms with van der Waals surface area (Å²) >= 11 is 0. The van der Waals surface area contributed by atoms with Crippen molar-refractivity contribution in [2.24, 2.45) is 46.3 Å². The van der Waals surface area contributed by atoms with Gasteiger partial charge in [0, 0.05) is 5.41 Å². The lowest BCUT2D eigenvalue weighted by atomic mass is 9.53. The van der Waals surface area contributed by atoms with Gasteiger partial charge in [-0.05, 0) is 126 Å². The number of hydrogen-bond acceptors (Lipinski definition) is 0. The summed E-state index contributed by atoms with van der Waals surface area (Å²) in [5.74, 6) is 3.69. The van der Waals surface area contributed by atoms with Crippen molar-refractivity contribution in [3.8, 4) is 0 Å². The molecule has 0 heteroatoms. The molecule has 0 bridgehead atoms. The standard InChI is InChI=1S/C41H56/c1-8-9-24-41(30-16-12-13-17-30,33-19-18-28-14-10-11-15-29(28)25-33)38-36-26-31(39(2,3)4)20-22-34(36)35-23-21-32(27-37(35)38)40(5,6)7/h8,18-23,25-27,30,34-38H,1,9-17,24H2,2-7H3. The van der Waals surface area contributed by atoms with Crippen LogP contribution < -0.4 is 0 Å². The Hall–Kier alpha value is -2.08. The highest BCUT2D eigenvalue weighted by molar-refractivity contribution is 5.44. The lowest BCUT2D eigenvalue weighted by molar-refractivity contribution is 0.108.